The summed E-state index contributed by atoms with van der Waals surface area (Å²) in [5.41, 5.74) is 1.09. The van der Waals surface area contributed by atoms with E-state index in [4.69, 9.17) is 16.9 Å². The second-order valence-electron chi connectivity index (χ2n) is 2.92. The minimum absolute atomic E-state index is 0.0000463. The monoisotopic (exact) mass is 193 g/mol. The van der Waals surface area contributed by atoms with Crippen molar-refractivity contribution in [3.05, 3.63) is 35.9 Å². The van der Waals surface area contributed by atoms with Gasteiger partial charge in [0, 0.05) is 5.88 Å². The Morgan fingerprint density at radius 3 is 2.54 bits per heavy atom. The van der Waals surface area contributed by atoms with Crippen molar-refractivity contribution in [3.63, 3.8) is 0 Å². The van der Waals surface area contributed by atoms with Gasteiger partial charge in [-0.05, 0) is 18.4 Å². The summed E-state index contributed by atoms with van der Waals surface area (Å²) in [5.74, 6) is 0.630. The largest absolute Gasteiger partial charge is 0.198 e. The fourth-order valence-corrected chi connectivity index (χ4v) is 1.43. The third-order valence-electron chi connectivity index (χ3n) is 1.98. The molecule has 0 heterocycles. The number of nitriles is 1. The standard InChI is InChI=1S/C11H12ClN/c12-8-4-7-11(9-13)10-5-2-1-3-6-10/h1-3,5-6,11H,4,7-8H2/t11-/m1/s1. The summed E-state index contributed by atoms with van der Waals surface area (Å²) in [6.07, 6.45) is 1.75. The van der Waals surface area contributed by atoms with E-state index in [0.29, 0.717) is 5.88 Å². The number of halogens is 1. The predicted molar refractivity (Wildman–Crippen MR) is 54.8 cm³/mol. The lowest BCUT2D eigenvalue weighted by molar-refractivity contribution is 0.731. The maximum absolute atomic E-state index is 8.91. The summed E-state index contributed by atoms with van der Waals surface area (Å²) in [5, 5.41) is 8.91. The van der Waals surface area contributed by atoms with E-state index in [-0.39, 0.29) is 5.92 Å². The van der Waals surface area contributed by atoms with Crippen LogP contribution in [0.3, 0.4) is 0 Å². The molecule has 0 N–H and O–H groups in total. The molecule has 1 aromatic rings. The Morgan fingerprint density at radius 1 is 1.31 bits per heavy atom. The van der Waals surface area contributed by atoms with Gasteiger partial charge in [0.25, 0.3) is 0 Å². The van der Waals surface area contributed by atoms with E-state index in [9.17, 15) is 0 Å². The molecule has 13 heavy (non-hydrogen) atoms. The van der Waals surface area contributed by atoms with E-state index in [1.807, 2.05) is 30.3 Å². The molecule has 0 aliphatic rings. The van der Waals surface area contributed by atoms with E-state index in [1.54, 1.807) is 0 Å². The van der Waals surface area contributed by atoms with Gasteiger partial charge < -0.3 is 0 Å². The first-order chi connectivity index (χ1) is 6.38. The number of alkyl halides is 1. The van der Waals surface area contributed by atoms with Crippen molar-refractivity contribution >= 4 is 11.6 Å². The summed E-state index contributed by atoms with van der Waals surface area (Å²) in [4.78, 5) is 0. The maximum atomic E-state index is 8.91. The van der Waals surface area contributed by atoms with Crippen molar-refractivity contribution in [3.8, 4) is 6.07 Å². The van der Waals surface area contributed by atoms with Gasteiger partial charge in [0.1, 0.15) is 0 Å². The Hall–Kier alpha value is -1.00. The Kier molecular flexibility index (Phi) is 4.35. The molecule has 0 spiro atoms. The molecule has 0 amide bonds. The SMILES string of the molecule is N#C[C@@H](CCCCl)c1ccccc1. The molecule has 1 nitrogen and oxygen atoms in total. The van der Waals surface area contributed by atoms with E-state index in [1.165, 1.54) is 0 Å². The average Bonchev–Trinajstić information content (AvgIpc) is 2.21. The molecule has 2 heteroatoms. The molecule has 0 saturated heterocycles. The third kappa shape index (κ3) is 3.08. The second-order valence-corrected chi connectivity index (χ2v) is 3.30. The van der Waals surface area contributed by atoms with E-state index >= 15 is 0 Å². The smallest absolute Gasteiger partial charge is 0.0713 e. The maximum Gasteiger partial charge on any atom is 0.0713 e. The molecule has 0 unspecified atom stereocenters. The van der Waals surface area contributed by atoms with Crippen LogP contribution < -0.4 is 0 Å². The fraction of sp³-hybridized carbons (Fsp3) is 0.364. The lowest BCUT2D eigenvalue weighted by atomic mass is 9.96. The van der Waals surface area contributed by atoms with Crippen LogP contribution in [0.4, 0.5) is 0 Å². The third-order valence-corrected chi connectivity index (χ3v) is 2.25. The highest BCUT2D eigenvalue weighted by Crippen LogP contribution is 2.19. The molecule has 0 saturated carbocycles. The lowest BCUT2D eigenvalue weighted by Gasteiger charge is -2.07. The Balaban J connectivity index is 2.63. The Bertz CT molecular complexity index is 276. The lowest BCUT2D eigenvalue weighted by Crippen LogP contribution is -1.95. The van der Waals surface area contributed by atoms with Crippen LogP contribution in [0.25, 0.3) is 0 Å². The Morgan fingerprint density at radius 2 is 2.00 bits per heavy atom. The van der Waals surface area contributed by atoms with Gasteiger partial charge in [0.05, 0.1) is 12.0 Å². The summed E-state index contributed by atoms with van der Waals surface area (Å²) < 4.78 is 0. The highest BCUT2D eigenvalue weighted by molar-refractivity contribution is 6.17. The number of rotatable bonds is 4. The van der Waals surface area contributed by atoms with Crippen LogP contribution in [0.2, 0.25) is 0 Å². The van der Waals surface area contributed by atoms with Crippen molar-refractivity contribution in [2.75, 3.05) is 5.88 Å². The van der Waals surface area contributed by atoms with Crippen molar-refractivity contribution in [2.24, 2.45) is 0 Å². The van der Waals surface area contributed by atoms with Gasteiger partial charge in [-0.25, -0.2) is 0 Å². The first-order valence-corrected chi connectivity index (χ1v) is 4.92. The number of hydrogen-bond acceptors (Lipinski definition) is 1. The highest BCUT2D eigenvalue weighted by atomic mass is 35.5. The van der Waals surface area contributed by atoms with Crippen LogP contribution >= 0.6 is 11.6 Å². The topological polar surface area (TPSA) is 23.8 Å². The molecule has 0 fully saturated rings. The molecule has 68 valence electrons. The van der Waals surface area contributed by atoms with Gasteiger partial charge in [0.15, 0.2) is 0 Å². The quantitative estimate of drug-likeness (QED) is 0.673. The molecule has 0 aromatic heterocycles. The van der Waals surface area contributed by atoms with Crippen LogP contribution in [-0.4, -0.2) is 5.88 Å². The molecule has 0 aliphatic carbocycles. The zero-order valence-corrected chi connectivity index (χ0v) is 8.17. The van der Waals surface area contributed by atoms with Gasteiger partial charge in [-0.3, -0.25) is 0 Å². The first-order valence-electron chi connectivity index (χ1n) is 4.39. The summed E-state index contributed by atoms with van der Waals surface area (Å²) in [6, 6.07) is 12.1. The van der Waals surface area contributed by atoms with Gasteiger partial charge in [0.2, 0.25) is 0 Å². The molecular weight excluding hydrogens is 182 g/mol. The van der Waals surface area contributed by atoms with Crippen LogP contribution in [-0.2, 0) is 0 Å². The van der Waals surface area contributed by atoms with Crippen molar-refractivity contribution < 1.29 is 0 Å². The molecule has 1 atom stereocenters. The molecule has 0 radical (unpaired) electrons. The fourth-order valence-electron chi connectivity index (χ4n) is 1.27. The average molecular weight is 194 g/mol. The molecule has 0 aliphatic heterocycles. The number of nitrogens with zero attached hydrogens (tertiary/aromatic N) is 1. The van der Waals surface area contributed by atoms with E-state index < -0.39 is 0 Å². The second kappa shape index (κ2) is 5.61. The predicted octanol–water partition coefficient (Wildman–Crippen LogP) is 3.31. The summed E-state index contributed by atoms with van der Waals surface area (Å²) in [6.45, 7) is 0. The highest BCUT2D eigenvalue weighted by Gasteiger charge is 2.08. The van der Waals surface area contributed by atoms with E-state index in [2.05, 4.69) is 6.07 Å². The summed E-state index contributed by atoms with van der Waals surface area (Å²) >= 11 is 5.58. The van der Waals surface area contributed by atoms with Crippen LogP contribution in [0.15, 0.2) is 30.3 Å². The normalized spacial score (nSPS) is 12.0. The summed E-state index contributed by atoms with van der Waals surface area (Å²) in [7, 11) is 0. The first kappa shape index (κ1) is 10.1. The van der Waals surface area contributed by atoms with Gasteiger partial charge in [-0.15, -0.1) is 11.6 Å². The Labute approximate surface area is 84.0 Å². The van der Waals surface area contributed by atoms with Gasteiger partial charge >= 0.3 is 0 Å². The van der Waals surface area contributed by atoms with Crippen molar-refractivity contribution in [1.82, 2.24) is 0 Å². The molecule has 1 aromatic carbocycles. The zero-order valence-electron chi connectivity index (χ0n) is 7.41. The van der Waals surface area contributed by atoms with Crippen molar-refractivity contribution in [2.45, 2.75) is 18.8 Å². The minimum atomic E-state index is -0.0000463. The minimum Gasteiger partial charge on any atom is -0.198 e. The molecule has 0 bridgehead atoms. The van der Waals surface area contributed by atoms with Gasteiger partial charge in [-0.2, -0.15) is 5.26 Å². The number of benzene rings is 1. The zero-order chi connectivity index (χ0) is 9.52. The van der Waals surface area contributed by atoms with Crippen LogP contribution in [0, 0.1) is 11.3 Å². The van der Waals surface area contributed by atoms with Crippen LogP contribution in [0.1, 0.15) is 24.3 Å². The van der Waals surface area contributed by atoms with E-state index in [0.717, 1.165) is 18.4 Å². The molecular formula is C11H12ClN. The number of hydrogen-bond donors (Lipinski definition) is 0. The molecule has 1 rings (SSSR count). The van der Waals surface area contributed by atoms with Gasteiger partial charge in [-0.1, -0.05) is 30.3 Å². The van der Waals surface area contributed by atoms with Crippen LogP contribution in [0.5, 0.6) is 0 Å². The van der Waals surface area contributed by atoms with Crippen molar-refractivity contribution in [1.29, 1.82) is 5.26 Å².